The lowest BCUT2D eigenvalue weighted by Crippen LogP contribution is -2.24. The minimum Gasteiger partial charge on any atom is -0.388 e. The molecule has 100 valence electrons. The molecular weight excluding hydrogens is 267 g/mol. The van der Waals surface area contributed by atoms with Crippen molar-refractivity contribution in [3.8, 4) is 0 Å². The predicted octanol–water partition coefficient (Wildman–Crippen LogP) is 5.10. The molecule has 0 amide bonds. The standard InChI is InChI=1S/C15H20Cl2O/c1-9-5-10(2)7-12(6-9)15(18)11-3-4-13(16)14(17)8-11/h3-4,8-10,12,15,18H,5-7H2,1-2H3. The summed E-state index contributed by atoms with van der Waals surface area (Å²) >= 11 is 11.9. The van der Waals surface area contributed by atoms with Gasteiger partial charge in [0.15, 0.2) is 0 Å². The third kappa shape index (κ3) is 3.20. The molecule has 1 aliphatic carbocycles. The van der Waals surface area contributed by atoms with E-state index in [9.17, 15) is 5.11 Å². The molecule has 3 heteroatoms. The Morgan fingerprint density at radius 2 is 1.67 bits per heavy atom. The van der Waals surface area contributed by atoms with Crippen LogP contribution in [0.2, 0.25) is 10.0 Å². The van der Waals surface area contributed by atoms with Gasteiger partial charge in [0.25, 0.3) is 0 Å². The second kappa shape index (κ2) is 5.81. The number of aliphatic hydroxyl groups excluding tert-OH is 1. The molecule has 0 bridgehead atoms. The smallest absolute Gasteiger partial charge is 0.0818 e. The van der Waals surface area contributed by atoms with Crippen molar-refractivity contribution >= 4 is 23.2 Å². The topological polar surface area (TPSA) is 20.2 Å². The first-order chi connectivity index (χ1) is 8.47. The highest BCUT2D eigenvalue weighted by molar-refractivity contribution is 6.42. The zero-order chi connectivity index (χ0) is 13.3. The number of hydrogen-bond donors (Lipinski definition) is 1. The van der Waals surface area contributed by atoms with Gasteiger partial charge in [-0.05, 0) is 54.7 Å². The van der Waals surface area contributed by atoms with Gasteiger partial charge in [-0.15, -0.1) is 0 Å². The molecule has 1 aromatic rings. The Morgan fingerprint density at radius 1 is 1.06 bits per heavy atom. The molecule has 1 saturated carbocycles. The van der Waals surface area contributed by atoms with E-state index in [2.05, 4.69) is 13.8 Å². The van der Waals surface area contributed by atoms with Crippen LogP contribution in [0.1, 0.15) is 44.8 Å². The fraction of sp³-hybridized carbons (Fsp3) is 0.600. The van der Waals surface area contributed by atoms with Crippen molar-refractivity contribution in [2.45, 2.75) is 39.2 Å². The summed E-state index contributed by atoms with van der Waals surface area (Å²) in [6, 6.07) is 5.43. The van der Waals surface area contributed by atoms with Gasteiger partial charge in [0.2, 0.25) is 0 Å². The molecule has 1 N–H and O–H groups in total. The lowest BCUT2D eigenvalue weighted by Gasteiger charge is -2.34. The molecule has 0 aliphatic heterocycles. The van der Waals surface area contributed by atoms with Gasteiger partial charge in [0, 0.05) is 0 Å². The predicted molar refractivity (Wildman–Crippen MR) is 77.1 cm³/mol. The highest BCUT2D eigenvalue weighted by Gasteiger charge is 2.29. The van der Waals surface area contributed by atoms with Gasteiger partial charge in [0.05, 0.1) is 16.1 Å². The van der Waals surface area contributed by atoms with Gasteiger partial charge in [-0.1, -0.05) is 43.1 Å². The number of rotatable bonds is 2. The second-order valence-corrected chi connectivity index (χ2v) is 6.61. The lowest BCUT2D eigenvalue weighted by molar-refractivity contribution is 0.0552. The Labute approximate surface area is 119 Å². The van der Waals surface area contributed by atoms with Gasteiger partial charge in [0.1, 0.15) is 0 Å². The summed E-state index contributed by atoms with van der Waals surface area (Å²) in [5.41, 5.74) is 0.885. The van der Waals surface area contributed by atoms with Crippen LogP contribution in [0.4, 0.5) is 0 Å². The zero-order valence-corrected chi connectivity index (χ0v) is 12.4. The molecular formula is C15H20Cl2O. The molecule has 18 heavy (non-hydrogen) atoms. The van der Waals surface area contributed by atoms with E-state index in [0.29, 0.717) is 27.8 Å². The Kier molecular flexibility index (Phi) is 4.58. The van der Waals surface area contributed by atoms with Crippen molar-refractivity contribution < 1.29 is 5.11 Å². The van der Waals surface area contributed by atoms with Crippen LogP contribution in [-0.2, 0) is 0 Å². The summed E-state index contributed by atoms with van der Waals surface area (Å²) < 4.78 is 0. The van der Waals surface area contributed by atoms with Gasteiger partial charge in [-0.2, -0.15) is 0 Å². The van der Waals surface area contributed by atoms with Crippen LogP contribution in [0.15, 0.2) is 18.2 Å². The van der Waals surface area contributed by atoms with E-state index in [-0.39, 0.29) is 0 Å². The van der Waals surface area contributed by atoms with E-state index in [1.54, 1.807) is 12.1 Å². The fourth-order valence-corrected chi connectivity index (χ4v) is 3.54. The molecule has 3 unspecified atom stereocenters. The summed E-state index contributed by atoms with van der Waals surface area (Å²) in [6.07, 6.45) is 3.02. The quantitative estimate of drug-likeness (QED) is 0.802. The molecule has 0 aromatic heterocycles. The normalized spacial score (nSPS) is 30.2. The Bertz CT molecular complexity index is 409. The van der Waals surface area contributed by atoms with Gasteiger partial charge < -0.3 is 5.11 Å². The van der Waals surface area contributed by atoms with Crippen LogP contribution in [0, 0.1) is 17.8 Å². The fourth-order valence-electron chi connectivity index (χ4n) is 3.24. The summed E-state index contributed by atoms with van der Waals surface area (Å²) in [5.74, 6) is 1.72. The number of aliphatic hydroxyl groups is 1. The average molecular weight is 287 g/mol. The highest BCUT2D eigenvalue weighted by atomic mass is 35.5. The van der Waals surface area contributed by atoms with E-state index < -0.39 is 6.10 Å². The maximum absolute atomic E-state index is 10.5. The van der Waals surface area contributed by atoms with Crippen LogP contribution in [-0.4, -0.2) is 5.11 Å². The first-order valence-corrected chi connectivity index (χ1v) is 7.36. The molecule has 0 heterocycles. The van der Waals surface area contributed by atoms with Gasteiger partial charge in [-0.3, -0.25) is 0 Å². The van der Waals surface area contributed by atoms with Crippen molar-refractivity contribution in [2.24, 2.45) is 17.8 Å². The highest BCUT2D eigenvalue weighted by Crippen LogP contribution is 2.40. The van der Waals surface area contributed by atoms with E-state index in [0.717, 1.165) is 18.4 Å². The number of halogens is 2. The van der Waals surface area contributed by atoms with Crippen LogP contribution >= 0.6 is 23.2 Å². The van der Waals surface area contributed by atoms with Crippen LogP contribution < -0.4 is 0 Å². The van der Waals surface area contributed by atoms with Crippen molar-refractivity contribution in [3.63, 3.8) is 0 Å². The minimum absolute atomic E-state index is 0.334. The molecule has 0 radical (unpaired) electrons. The van der Waals surface area contributed by atoms with Gasteiger partial charge in [-0.25, -0.2) is 0 Å². The van der Waals surface area contributed by atoms with Crippen molar-refractivity contribution in [1.82, 2.24) is 0 Å². The SMILES string of the molecule is CC1CC(C)CC(C(O)c2ccc(Cl)c(Cl)c2)C1. The zero-order valence-electron chi connectivity index (χ0n) is 10.9. The van der Waals surface area contributed by atoms with Gasteiger partial charge >= 0.3 is 0 Å². The Hall–Kier alpha value is -0.240. The molecule has 2 rings (SSSR count). The number of benzene rings is 1. The van der Waals surface area contributed by atoms with Crippen LogP contribution in [0.5, 0.6) is 0 Å². The summed E-state index contributed by atoms with van der Waals surface area (Å²) in [4.78, 5) is 0. The molecule has 1 aromatic carbocycles. The minimum atomic E-state index is -0.426. The molecule has 0 spiro atoms. The van der Waals surface area contributed by atoms with Crippen LogP contribution in [0.3, 0.4) is 0 Å². The third-order valence-corrected chi connectivity index (χ3v) is 4.69. The van der Waals surface area contributed by atoms with E-state index in [1.807, 2.05) is 6.07 Å². The number of hydrogen-bond acceptors (Lipinski definition) is 1. The van der Waals surface area contributed by atoms with Crippen molar-refractivity contribution in [2.75, 3.05) is 0 Å². The summed E-state index contributed by atoms with van der Waals surface area (Å²) in [6.45, 7) is 4.54. The average Bonchev–Trinajstić information content (AvgIpc) is 2.30. The second-order valence-electron chi connectivity index (χ2n) is 5.80. The van der Waals surface area contributed by atoms with Crippen molar-refractivity contribution in [1.29, 1.82) is 0 Å². The maximum Gasteiger partial charge on any atom is 0.0818 e. The molecule has 1 nitrogen and oxygen atoms in total. The van der Waals surface area contributed by atoms with E-state index in [4.69, 9.17) is 23.2 Å². The third-order valence-electron chi connectivity index (χ3n) is 3.95. The largest absolute Gasteiger partial charge is 0.388 e. The first kappa shape index (κ1) is 14.2. The molecule has 1 aliphatic rings. The van der Waals surface area contributed by atoms with E-state index >= 15 is 0 Å². The summed E-state index contributed by atoms with van der Waals surface area (Å²) in [7, 11) is 0. The Balaban J connectivity index is 2.14. The van der Waals surface area contributed by atoms with E-state index in [1.165, 1.54) is 6.42 Å². The monoisotopic (exact) mass is 286 g/mol. The Morgan fingerprint density at radius 3 is 2.22 bits per heavy atom. The maximum atomic E-state index is 10.5. The van der Waals surface area contributed by atoms with Crippen molar-refractivity contribution in [3.05, 3.63) is 33.8 Å². The van der Waals surface area contributed by atoms with Crippen LogP contribution in [0.25, 0.3) is 0 Å². The summed E-state index contributed by atoms with van der Waals surface area (Å²) in [5, 5.41) is 11.6. The lowest BCUT2D eigenvalue weighted by atomic mass is 9.73. The molecule has 0 saturated heterocycles. The first-order valence-electron chi connectivity index (χ1n) is 6.60. The molecule has 1 fully saturated rings. The molecule has 3 atom stereocenters.